The molecule has 0 atom stereocenters. The minimum absolute atomic E-state index is 0.0797. The molecule has 138 valence electrons. The molecule has 5 nitrogen and oxygen atoms in total. The summed E-state index contributed by atoms with van der Waals surface area (Å²) < 4.78 is 0. The fraction of sp³-hybridized carbons (Fsp3) is 0.300. The number of phenols is 1. The van der Waals surface area contributed by atoms with Gasteiger partial charge in [-0.1, -0.05) is 18.6 Å². The molecule has 0 heterocycles. The van der Waals surface area contributed by atoms with E-state index in [0.717, 1.165) is 29.9 Å². The van der Waals surface area contributed by atoms with E-state index < -0.39 is 0 Å². The highest BCUT2D eigenvalue weighted by Crippen LogP contribution is 2.22. The van der Waals surface area contributed by atoms with Crippen molar-refractivity contribution in [2.24, 2.45) is 0 Å². The second-order valence-corrected chi connectivity index (χ2v) is 7.00. The summed E-state index contributed by atoms with van der Waals surface area (Å²) in [6, 6.07) is 14.3. The highest BCUT2D eigenvalue weighted by atomic mass is 32.2. The van der Waals surface area contributed by atoms with Crippen LogP contribution in [-0.4, -0.2) is 29.7 Å². The molecule has 0 fully saturated rings. The van der Waals surface area contributed by atoms with Crippen LogP contribution in [0.25, 0.3) is 0 Å². The van der Waals surface area contributed by atoms with E-state index in [0.29, 0.717) is 17.7 Å². The molecule has 2 aromatic carbocycles. The third-order valence-electron chi connectivity index (χ3n) is 3.84. The number of aromatic hydroxyl groups is 1. The molecule has 6 heteroatoms. The number of rotatable bonds is 9. The molecular weight excluding hydrogens is 348 g/mol. The summed E-state index contributed by atoms with van der Waals surface area (Å²) in [5, 5.41) is 15.0. The first kappa shape index (κ1) is 19.8. The van der Waals surface area contributed by atoms with E-state index in [1.54, 1.807) is 43.1 Å². The number of hydrogen-bond acceptors (Lipinski definition) is 4. The van der Waals surface area contributed by atoms with Crippen molar-refractivity contribution < 1.29 is 14.7 Å². The summed E-state index contributed by atoms with van der Waals surface area (Å²) in [5.74, 6) is 0.896. The van der Waals surface area contributed by atoms with Crippen molar-refractivity contribution in [3.63, 3.8) is 0 Å². The van der Waals surface area contributed by atoms with Crippen molar-refractivity contribution >= 4 is 29.3 Å². The lowest BCUT2D eigenvalue weighted by molar-refractivity contribution is -0.116. The third-order valence-corrected chi connectivity index (χ3v) is 4.94. The van der Waals surface area contributed by atoms with E-state index >= 15 is 0 Å². The fourth-order valence-corrected chi connectivity index (χ4v) is 3.31. The number of phenolic OH excluding ortho intramolecular Hbond substituents is 1. The molecule has 3 N–H and O–H groups in total. The first-order valence-electron chi connectivity index (χ1n) is 8.63. The summed E-state index contributed by atoms with van der Waals surface area (Å²) in [6.45, 7) is 0. The normalized spacial score (nSPS) is 10.3. The maximum absolute atomic E-state index is 11.9. The molecule has 0 saturated heterocycles. The van der Waals surface area contributed by atoms with E-state index in [1.807, 2.05) is 24.3 Å². The molecule has 0 bridgehead atoms. The standard InChI is InChI=1S/C20H24N2O3S/c1-21-20(25)15-10-12-16(13-11-15)26-14-6-2-3-9-19(24)22-17-7-4-5-8-18(17)23/h4-5,7-8,10-13,23H,2-3,6,9,14H2,1H3,(H,21,25)(H,22,24). The van der Waals surface area contributed by atoms with E-state index in [4.69, 9.17) is 0 Å². The predicted octanol–water partition coefficient (Wildman–Crippen LogP) is 4.04. The number of para-hydroxylation sites is 2. The SMILES string of the molecule is CNC(=O)c1ccc(SCCCCCC(=O)Nc2ccccc2O)cc1. The van der Waals surface area contributed by atoms with Crippen LogP contribution in [0, 0.1) is 0 Å². The Balaban J connectivity index is 1.60. The zero-order valence-corrected chi connectivity index (χ0v) is 15.6. The van der Waals surface area contributed by atoms with Crippen molar-refractivity contribution in [3.8, 4) is 5.75 Å². The molecule has 0 radical (unpaired) electrons. The van der Waals surface area contributed by atoms with Crippen LogP contribution in [-0.2, 0) is 4.79 Å². The van der Waals surface area contributed by atoms with Crippen LogP contribution in [0.1, 0.15) is 36.0 Å². The summed E-state index contributed by atoms with van der Waals surface area (Å²) in [6.07, 6.45) is 3.25. The van der Waals surface area contributed by atoms with Crippen molar-refractivity contribution in [3.05, 3.63) is 54.1 Å². The molecule has 26 heavy (non-hydrogen) atoms. The number of anilines is 1. The second kappa shape index (κ2) is 10.5. The lowest BCUT2D eigenvalue weighted by Gasteiger charge is -2.07. The fourth-order valence-electron chi connectivity index (χ4n) is 2.39. The first-order valence-corrected chi connectivity index (χ1v) is 9.61. The van der Waals surface area contributed by atoms with Crippen molar-refractivity contribution in [2.45, 2.75) is 30.6 Å². The van der Waals surface area contributed by atoms with Gasteiger partial charge in [-0.3, -0.25) is 9.59 Å². The van der Waals surface area contributed by atoms with Crippen LogP contribution in [0.2, 0.25) is 0 Å². The molecule has 0 aromatic heterocycles. The van der Waals surface area contributed by atoms with Crippen LogP contribution in [0.3, 0.4) is 0 Å². The van der Waals surface area contributed by atoms with Gasteiger partial charge in [0.1, 0.15) is 5.75 Å². The molecule has 2 aromatic rings. The van der Waals surface area contributed by atoms with Gasteiger partial charge in [0.05, 0.1) is 5.69 Å². The number of carbonyl (C=O) groups is 2. The Morgan fingerprint density at radius 3 is 2.42 bits per heavy atom. The van der Waals surface area contributed by atoms with Crippen molar-refractivity contribution in [1.82, 2.24) is 5.32 Å². The minimum atomic E-state index is -0.0800. The molecule has 2 amide bonds. The van der Waals surface area contributed by atoms with Crippen molar-refractivity contribution in [1.29, 1.82) is 0 Å². The van der Waals surface area contributed by atoms with E-state index in [-0.39, 0.29) is 17.6 Å². The number of benzene rings is 2. The highest BCUT2D eigenvalue weighted by Gasteiger charge is 2.06. The summed E-state index contributed by atoms with van der Waals surface area (Å²) in [5.41, 5.74) is 1.11. The summed E-state index contributed by atoms with van der Waals surface area (Å²) in [7, 11) is 1.62. The van der Waals surface area contributed by atoms with E-state index in [9.17, 15) is 14.7 Å². The molecule has 0 unspecified atom stereocenters. The van der Waals surface area contributed by atoms with E-state index in [1.165, 1.54) is 0 Å². The highest BCUT2D eigenvalue weighted by molar-refractivity contribution is 7.99. The van der Waals surface area contributed by atoms with Gasteiger partial charge in [0.25, 0.3) is 5.91 Å². The average molecular weight is 372 g/mol. The van der Waals surface area contributed by atoms with Gasteiger partial charge in [-0.05, 0) is 55.0 Å². The van der Waals surface area contributed by atoms with Gasteiger partial charge < -0.3 is 15.7 Å². The Bertz CT molecular complexity index is 732. The molecule has 0 aliphatic heterocycles. The minimum Gasteiger partial charge on any atom is -0.506 e. The Morgan fingerprint density at radius 1 is 1.00 bits per heavy atom. The van der Waals surface area contributed by atoms with Gasteiger partial charge in [0.15, 0.2) is 0 Å². The molecule has 2 rings (SSSR count). The average Bonchev–Trinajstić information content (AvgIpc) is 2.66. The topological polar surface area (TPSA) is 78.4 Å². The van der Waals surface area contributed by atoms with Gasteiger partial charge in [0, 0.05) is 23.9 Å². The molecule has 0 aliphatic carbocycles. The Hall–Kier alpha value is -2.47. The Morgan fingerprint density at radius 2 is 1.73 bits per heavy atom. The summed E-state index contributed by atoms with van der Waals surface area (Å²) >= 11 is 1.75. The number of thioether (sulfide) groups is 1. The maximum Gasteiger partial charge on any atom is 0.251 e. The summed E-state index contributed by atoms with van der Waals surface area (Å²) in [4.78, 5) is 24.5. The largest absolute Gasteiger partial charge is 0.506 e. The van der Waals surface area contributed by atoms with E-state index in [2.05, 4.69) is 10.6 Å². The number of amides is 2. The van der Waals surface area contributed by atoms with Gasteiger partial charge in [-0.25, -0.2) is 0 Å². The quantitative estimate of drug-likeness (QED) is 0.353. The lowest BCUT2D eigenvalue weighted by Crippen LogP contribution is -2.17. The van der Waals surface area contributed by atoms with Gasteiger partial charge in [-0.15, -0.1) is 11.8 Å². The van der Waals surface area contributed by atoms with Crippen LogP contribution >= 0.6 is 11.8 Å². The molecule has 0 spiro atoms. The van der Waals surface area contributed by atoms with Gasteiger partial charge in [-0.2, -0.15) is 0 Å². The predicted molar refractivity (Wildman–Crippen MR) is 106 cm³/mol. The molecule has 0 saturated carbocycles. The zero-order valence-electron chi connectivity index (χ0n) is 14.8. The van der Waals surface area contributed by atoms with Crippen molar-refractivity contribution in [2.75, 3.05) is 18.1 Å². The number of unbranched alkanes of at least 4 members (excludes halogenated alkanes) is 2. The molecular formula is C20H24N2O3S. The number of hydrogen-bond donors (Lipinski definition) is 3. The first-order chi connectivity index (χ1) is 12.6. The van der Waals surface area contributed by atoms with Gasteiger partial charge in [0.2, 0.25) is 5.91 Å². The van der Waals surface area contributed by atoms with Crippen LogP contribution in [0.5, 0.6) is 5.75 Å². The van der Waals surface area contributed by atoms with Crippen LogP contribution in [0.15, 0.2) is 53.4 Å². The maximum atomic E-state index is 11.9. The lowest BCUT2D eigenvalue weighted by atomic mass is 10.2. The monoisotopic (exact) mass is 372 g/mol. The zero-order chi connectivity index (χ0) is 18.8. The van der Waals surface area contributed by atoms with Gasteiger partial charge >= 0.3 is 0 Å². The smallest absolute Gasteiger partial charge is 0.251 e. The second-order valence-electron chi connectivity index (χ2n) is 5.83. The number of carbonyl (C=O) groups excluding carboxylic acids is 2. The number of nitrogens with one attached hydrogen (secondary N) is 2. The van der Waals surface area contributed by atoms with Crippen LogP contribution in [0.4, 0.5) is 5.69 Å². The van der Waals surface area contributed by atoms with Crippen LogP contribution < -0.4 is 10.6 Å². The Labute approximate surface area is 158 Å². The Kier molecular flexibility index (Phi) is 8.02. The molecule has 0 aliphatic rings. The third kappa shape index (κ3) is 6.44.